The maximum Gasteiger partial charge on any atom is 0.122 e. The Labute approximate surface area is 72.4 Å². The zero-order valence-electron chi connectivity index (χ0n) is 7.39. The number of phenolic OH excluding ortho intramolecular Hbond substituents is 1. The van der Waals surface area contributed by atoms with Crippen LogP contribution in [-0.4, -0.2) is 19.2 Å². The van der Waals surface area contributed by atoms with Gasteiger partial charge in [-0.05, 0) is 19.2 Å². The molecule has 0 spiro atoms. The van der Waals surface area contributed by atoms with Crippen LogP contribution in [0.25, 0.3) is 0 Å². The minimum Gasteiger partial charge on any atom is -0.508 e. The summed E-state index contributed by atoms with van der Waals surface area (Å²) in [6.07, 6.45) is 0. The molecule has 12 heavy (non-hydrogen) atoms. The number of rotatable bonds is 3. The standard InChI is InChI=1S/C9H14N2O/c1-10-6-7-8(11-2)4-3-5-9(7)12/h3-5,10-12H,6H2,1-2H3. The Hall–Kier alpha value is -1.22. The van der Waals surface area contributed by atoms with Crippen LogP contribution in [0.3, 0.4) is 0 Å². The fourth-order valence-corrected chi connectivity index (χ4v) is 1.17. The summed E-state index contributed by atoms with van der Waals surface area (Å²) in [6, 6.07) is 5.44. The van der Waals surface area contributed by atoms with E-state index in [1.165, 1.54) is 0 Å². The number of hydrogen-bond acceptors (Lipinski definition) is 3. The van der Waals surface area contributed by atoms with E-state index >= 15 is 0 Å². The van der Waals surface area contributed by atoms with Crippen molar-refractivity contribution in [3.63, 3.8) is 0 Å². The zero-order valence-corrected chi connectivity index (χ0v) is 7.39. The summed E-state index contributed by atoms with van der Waals surface area (Å²) in [7, 11) is 3.69. The van der Waals surface area contributed by atoms with Crippen molar-refractivity contribution in [3.8, 4) is 5.75 Å². The van der Waals surface area contributed by atoms with Crippen LogP contribution in [0.2, 0.25) is 0 Å². The van der Waals surface area contributed by atoms with Crippen LogP contribution < -0.4 is 10.6 Å². The van der Waals surface area contributed by atoms with E-state index in [1.807, 2.05) is 26.2 Å². The van der Waals surface area contributed by atoms with Crippen molar-refractivity contribution in [1.29, 1.82) is 0 Å². The third-order valence-electron chi connectivity index (χ3n) is 1.77. The van der Waals surface area contributed by atoms with Crippen molar-refractivity contribution in [2.24, 2.45) is 0 Å². The van der Waals surface area contributed by atoms with Crippen LogP contribution in [0.15, 0.2) is 18.2 Å². The van der Waals surface area contributed by atoms with Gasteiger partial charge in [-0.2, -0.15) is 0 Å². The summed E-state index contributed by atoms with van der Waals surface area (Å²) < 4.78 is 0. The van der Waals surface area contributed by atoms with Crippen LogP contribution in [0.5, 0.6) is 5.75 Å². The number of nitrogens with one attached hydrogen (secondary N) is 2. The summed E-state index contributed by atoms with van der Waals surface area (Å²) in [5.74, 6) is 0.330. The molecule has 3 heteroatoms. The third kappa shape index (κ3) is 1.68. The summed E-state index contributed by atoms with van der Waals surface area (Å²) in [5.41, 5.74) is 1.87. The Balaban J connectivity index is 3.02. The van der Waals surface area contributed by atoms with Gasteiger partial charge in [0, 0.05) is 24.8 Å². The van der Waals surface area contributed by atoms with Gasteiger partial charge >= 0.3 is 0 Å². The van der Waals surface area contributed by atoms with Crippen LogP contribution in [-0.2, 0) is 6.54 Å². The van der Waals surface area contributed by atoms with Gasteiger partial charge in [-0.15, -0.1) is 0 Å². The Kier molecular flexibility index (Phi) is 2.94. The molecule has 0 fully saturated rings. The molecule has 3 nitrogen and oxygen atoms in total. The molecule has 0 saturated carbocycles. The molecule has 0 atom stereocenters. The number of aromatic hydroxyl groups is 1. The minimum absolute atomic E-state index is 0.330. The fourth-order valence-electron chi connectivity index (χ4n) is 1.17. The molecule has 0 bridgehead atoms. The molecule has 1 rings (SSSR count). The van der Waals surface area contributed by atoms with Gasteiger partial charge < -0.3 is 15.7 Å². The molecule has 0 aliphatic carbocycles. The first-order valence-electron chi connectivity index (χ1n) is 3.92. The smallest absolute Gasteiger partial charge is 0.122 e. The van der Waals surface area contributed by atoms with Crippen molar-refractivity contribution in [1.82, 2.24) is 5.32 Å². The molecule has 1 aromatic carbocycles. The predicted octanol–water partition coefficient (Wildman–Crippen LogP) is 1.15. The first kappa shape index (κ1) is 8.87. The lowest BCUT2D eigenvalue weighted by Gasteiger charge is -2.09. The van der Waals surface area contributed by atoms with Crippen LogP contribution >= 0.6 is 0 Å². The average molecular weight is 166 g/mol. The molecule has 0 aromatic heterocycles. The first-order chi connectivity index (χ1) is 5.79. The fraction of sp³-hybridized carbons (Fsp3) is 0.333. The monoisotopic (exact) mass is 166 g/mol. The predicted molar refractivity (Wildman–Crippen MR) is 50.4 cm³/mol. The third-order valence-corrected chi connectivity index (χ3v) is 1.77. The molecule has 1 aromatic rings. The molecule has 0 unspecified atom stereocenters. The Morgan fingerprint density at radius 2 is 2.08 bits per heavy atom. The van der Waals surface area contributed by atoms with E-state index in [0.29, 0.717) is 12.3 Å². The van der Waals surface area contributed by atoms with Crippen LogP contribution in [0.4, 0.5) is 5.69 Å². The summed E-state index contributed by atoms with van der Waals surface area (Å²) in [5, 5.41) is 15.5. The molecule has 3 N–H and O–H groups in total. The molecule has 0 aliphatic heterocycles. The van der Waals surface area contributed by atoms with E-state index in [1.54, 1.807) is 6.07 Å². The van der Waals surface area contributed by atoms with E-state index in [9.17, 15) is 5.11 Å². The lowest BCUT2D eigenvalue weighted by Crippen LogP contribution is -2.07. The van der Waals surface area contributed by atoms with Crippen molar-refractivity contribution >= 4 is 5.69 Å². The average Bonchev–Trinajstić information content (AvgIpc) is 2.09. The molecule has 0 heterocycles. The Morgan fingerprint density at radius 1 is 1.33 bits per heavy atom. The summed E-state index contributed by atoms with van der Waals surface area (Å²) in [6.45, 7) is 0.669. The number of benzene rings is 1. The Bertz CT molecular complexity index is 261. The van der Waals surface area contributed by atoms with Crippen molar-refractivity contribution in [3.05, 3.63) is 23.8 Å². The minimum atomic E-state index is 0.330. The van der Waals surface area contributed by atoms with Gasteiger partial charge in [0.05, 0.1) is 0 Å². The Morgan fingerprint density at radius 3 is 2.67 bits per heavy atom. The van der Waals surface area contributed by atoms with E-state index in [0.717, 1.165) is 11.3 Å². The molecular weight excluding hydrogens is 152 g/mol. The van der Waals surface area contributed by atoms with Crippen molar-refractivity contribution in [2.75, 3.05) is 19.4 Å². The lowest BCUT2D eigenvalue weighted by molar-refractivity contribution is 0.466. The largest absolute Gasteiger partial charge is 0.508 e. The summed E-state index contributed by atoms with van der Waals surface area (Å²) >= 11 is 0. The van der Waals surface area contributed by atoms with E-state index in [4.69, 9.17) is 0 Å². The van der Waals surface area contributed by atoms with Gasteiger partial charge in [-0.3, -0.25) is 0 Å². The molecule has 0 aliphatic rings. The maximum absolute atomic E-state index is 9.47. The van der Waals surface area contributed by atoms with Gasteiger partial charge in [0.1, 0.15) is 5.75 Å². The van der Waals surface area contributed by atoms with Crippen molar-refractivity contribution < 1.29 is 5.11 Å². The highest BCUT2D eigenvalue weighted by Gasteiger charge is 2.03. The first-order valence-corrected chi connectivity index (χ1v) is 3.92. The second-order valence-corrected chi connectivity index (χ2v) is 2.58. The molecule has 0 saturated heterocycles. The molecule has 0 amide bonds. The number of phenols is 1. The zero-order chi connectivity index (χ0) is 8.97. The number of hydrogen-bond donors (Lipinski definition) is 3. The molecular formula is C9H14N2O. The SMILES string of the molecule is CNCc1c(O)cccc1NC. The highest BCUT2D eigenvalue weighted by atomic mass is 16.3. The lowest BCUT2D eigenvalue weighted by atomic mass is 10.1. The number of anilines is 1. The quantitative estimate of drug-likeness (QED) is 0.631. The normalized spacial score (nSPS) is 9.83. The van der Waals surface area contributed by atoms with Crippen LogP contribution in [0.1, 0.15) is 5.56 Å². The van der Waals surface area contributed by atoms with Gasteiger partial charge in [0.2, 0.25) is 0 Å². The second-order valence-electron chi connectivity index (χ2n) is 2.58. The summed E-state index contributed by atoms with van der Waals surface area (Å²) in [4.78, 5) is 0. The topological polar surface area (TPSA) is 44.3 Å². The van der Waals surface area contributed by atoms with Gasteiger partial charge in [0.15, 0.2) is 0 Å². The highest BCUT2D eigenvalue weighted by molar-refractivity contribution is 5.56. The van der Waals surface area contributed by atoms with Gasteiger partial charge in [0.25, 0.3) is 0 Å². The van der Waals surface area contributed by atoms with Gasteiger partial charge in [-0.25, -0.2) is 0 Å². The van der Waals surface area contributed by atoms with E-state index in [2.05, 4.69) is 10.6 Å². The molecule has 0 radical (unpaired) electrons. The maximum atomic E-state index is 9.47. The second kappa shape index (κ2) is 3.97. The van der Waals surface area contributed by atoms with E-state index in [-0.39, 0.29) is 0 Å². The van der Waals surface area contributed by atoms with Crippen LogP contribution in [0, 0.1) is 0 Å². The van der Waals surface area contributed by atoms with Crippen molar-refractivity contribution in [2.45, 2.75) is 6.54 Å². The van der Waals surface area contributed by atoms with E-state index < -0.39 is 0 Å². The molecule has 66 valence electrons. The highest BCUT2D eigenvalue weighted by Crippen LogP contribution is 2.24. The van der Waals surface area contributed by atoms with Gasteiger partial charge in [-0.1, -0.05) is 6.07 Å².